The molecule has 2 N–H and O–H groups in total. The van der Waals surface area contributed by atoms with Gasteiger partial charge < -0.3 is 24.8 Å². The molecule has 0 bridgehead atoms. The van der Waals surface area contributed by atoms with E-state index in [9.17, 15) is 18.8 Å². The molecule has 0 saturated carbocycles. The number of hydrogen-bond acceptors (Lipinski definition) is 8. The first-order valence-corrected chi connectivity index (χ1v) is 13.3. The fourth-order valence-electron chi connectivity index (χ4n) is 5.23. The zero-order valence-electron chi connectivity index (χ0n) is 22.6. The van der Waals surface area contributed by atoms with Gasteiger partial charge in [-0.1, -0.05) is 24.8 Å². The van der Waals surface area contributed by atoms with Crippen LogP contribution in [0.4, 0.5) is 4.39 Å². The average Bonchev–Trinajstić information content (AvgIpc) is 3.73. The SMILES string of the molecule is C=CCOC(=O)c1ccc2c(c1C)CC[C@@H]2NC(=O)c1cc(C(=O)NCc2ccc3c(c2)OCO3)nc2c(F)cnn12. The molecule has 6 rings (SSSR count). The lowest BCUT2D eigenvalue weighted by atomic mass is 9.98. The summed E-state index contributed by atoms with van der Waals surface area (Å²) in [5.74, 6) is -1.16. The van der Waals surface area contributed by atoms with Crippen LogP contribution < -0.4 is 20.1 Å². The van der Waals surface area contributed by atoms with Crippen molar-refractivity contribution < 1.29 is 33.0 Å². The molecule has 12 heteroatoms. The molecule has 0 radical (unpaired) electrons. The lowest BCUT2D eigenvalue weighted by molar-refractivity contribution is 0.0548. The van der Waals surface area contributed by atoms with E-state index < -0.39 is 23.6 Å². The van der Waals surface area contributed by atoms with Gasteiger partial charge in [0.2, 0.25) is 6.79 Å². The van der Waals surface area contributed by atoms with Gasteiger partial charge in [-0.25, -0.2) is 18.7 Å². The van der Waals surface area contributed by atoms with Gasteiger partial charge in [-0.15, -0.1) is 0 Å². The zero-order valence-corrected chi connectivity index (χ0v) is 22.6. The Hall–Kier alpha value is -5.26. The maximum atomic E-state index is 14.6. The van der Waals surface area contributed by atoms with E-state index in [1.165, 1.54) is 12.1 Å². The second kappa shape index (κ2) is 11.0. The van der Waals surface area contributed by atoms with Crippen molar-refractivity contribution in [1.29, 1.82) is 0 Å². The van der Waals surface area contributed by atoms with Crippen molar-refractivity contribution in [2.24, 2.45) is 0 Å². The van der Waals surface area contributed by atoms with E-state index in [-0.39, 0.29) is 43.0 Å². The lowest BCUT2D eigenvalue weighted by Crippen LogP contribution is -2.30. The molecular weight excluding hydrogens is 545 g/mol. The number of amides is 2. The fraction of sp³-hybridized carbons (Fsp3) is 0.233. The Bertz CT molecular complexity index is 1770. The molecule has 1 aliphatic carbocycles. The number of halogens is 1. The molecule has 2 aromatic carbocycles. The van der Waals surface area contributed by atoms with Crippen LogP contribution in [0, 0.1) is 12.7 Å². The third kappa shape index (κ3) is 4.91. The Kier molecular flexibility index (Phi) is 7.03. The second-order valence-corrected chi connectivity index (χ2v) is 9.88. The van der Waals surface area contributed by atoms with Crippen molar-refractivity contribution in [2.45, 2.75) is 32.4 Å². The standard InChI is InChI=1S/C30H26FN5O6/c1-3-10-40-30(39)19-5-6-20-18(16(19)2)7-8-22(20)35-29(38)24-12-23(34-27-21(31)14-33-36(24)27)28(37)32-13-17-4-9-25-26(11-17)42-15-41-25/h3-6,9,11-12,14,22H,1,7-8,10,13,15H2,2H3,(H,32,37)(H,35,38)/t22-/m0/s1. The number of aromatic nitrogens is 3. The summed E-state index contributed by atoms with van der Waals surface area (Å²) >= 11 is 0. The van der Waals surface area contributed by atoms with E-state index >= 15 is 0 Å². The predicted octanol–water partition coefficient (Wildman–Crippen LogP) is 3.60. The van der Waals surface area contributed by atoms with Gasteiger partial charge in [0.25, 0.3) is 11.8 Å². The molecular formula is C30H26FN5O6. The number of carbonyl (C=O) groups excluding carboxylic acids is 3. The summed E-state index contributed by atoms with van der Waals surface area (Å²) in [5.41, 5.74) is 3.41. The Morgan fingerprint density at radius 2 is 2.00 bits per heavy atom. The van der Waals surface area contributed by atoms with Gasteiger partial charge in [0.15, 0.2) is 23.0 Å². The topological polar surface area (TPSA) is 133 Å². The third-order valence-electron chi connectivity index (χ3n) is 7.33. The molecule has 0 unspecified atom stereocenters. The van der Waals surface area contributed by atoms with Gasteiger partial charge in [-0.05, 0) is 60.2 Å². The van der Waals surface area contributed by atoms with Crippen molar-refractivity contribution in [3.05, 3.63) is 100 Å². The molecule has 0 fully saturated rings. The molecule has 42 heavy (non-hydrogen) atoms. The minimum absolute atomic E-state index is 0.0491. The van der Waals surface area contributed by atoms with Crippen LogP contribution in [0.5, 0.6) is 11.5 Å². The Morgan fingerprint density at radius 3 is 2.83 bits per heavy atom. The monoisotopic (exact) mass is 571 g/mol. The van der Waals surface area contributed by atoms with Crippen LogP contribution in [-0.4, -0.2) is 45.8 Å². The van der Waals surface area contributed by atoms with Crippen molar-refractivity contribution in [3.63, 3.8) is 0 Å². The molecule has 2 aliphatic rings. The van der Waals surface area contributed by atoms with Gasteiger partial charge in [-0.3, -0.25) is 9.59 Å². The predicted molar refractivity (Wildman–Crippen MR) is 147 cm³/mol. The van der Waals surface area contributed by atoms with Gasteiger partial charge in [0.1, 0.15) is 18.0 Å². The summed E-state index contributed by atoms with van der Waals surface area (Å²) in [7, 11) is 0. The second-order valence-electron chi connectivity index (χ2n) is 9.88. The number of hydrogen-bond donors (Lipinski definition) is 2. The molecule has 0 saturated heterocycles. The van der Waals surface area contributed by atoms with Crippen LogP contribution in [0.15, 0.2) is 55.3 Å². The van der Waals surface area contributed by atoms with Crippen LogP contribution in [-0.2, 0) is 17.7 Å². The Morgan fingerprint density at radius 1 is 1.17 bits per heavy atom. The number of esters is 1. The first-order valence-electron chi connectivity index (χ1n) is 13.3. The van der Waals surface area contributed by atoms with Gasteiger partial charge >= 0.3 is 5.97 Å². The van der Waals surface area contributed by atoms with Crippen LogP contribution >= 0.6 is 0 Å². The summed E-state index contributed by atoms with van der Waals surface area (Å²) in [6.45, 7) is 5.80. The Balaban J connectivity index is 1.22. The summed E-state index contributed by atoms with van der Waals surface area (Å²) in [6.07, 6.45) is 3.68. The highest BCUT2D eigenvalue weighted by molar-refractivity contribution is 5.98. The quantitative estimate of drug-likeness (QED) is 0.242. The molecule has 214 valence electrons. The molecule has 3 heterocycles. The fourth-order valence-corrected chi connectivity index (χ4v) is 5.23. The largest absolute Gasteiger partial charge is 0.458 e. The van der Waals surface area contributed by atoms with E-state index in [0.717, 1.165) is 33.0 Å². The van der Waals surface area contributed by atoms with E-state index in [2.05, 4.69) is 27.3 Å². The van der Waals surface area contributed by atoms with Crippen LogP contribution in [0.3, 0.4) is 0 Å². The van der Waals surface area contributed by atoms with Crippen molar-refractivity contribution in [2.75, 3.05) is 13.4 Å². The molecule has 2 aromatic heterocycles. The number of carbonyl (C=O) groups is 3. The van der Waals surface area contributed by atoms with Crippen LogP contribution in [0.2, 0.25) is 0 Å². The van der Waals surface area contributed by atoms with E-state index in [1.54, 1.807) is 30.3 Å². The number of benzene rings is 2. The number of nitrogens with one attached hydrogen (secondary N) is 2. The number of ether oxygens (including phenoxy) is 3. The Labute approximate surface area is 239 Å². The maximum absolute atomic E-state index is 14.6. The normalized spacial score (nSPS) is 14.9. The molecule has 1 atom stereocenters. The summed E-state index contributed by atoms with van der Waals surface area (Å²) < 4.78 is 31.5. The molecule has 0 spiro atoms. The number of rotatable bonds is 8. The van der Waals surface area contributed by atoms with E-state index in [4.69, 9.17) is 14.2 Å². The highest BCUT2D eigenvalue weighted by Gasteiger charge is 2.29. The molecule has 1 aliphatic heterocycles. The lowest BCUT2D eigenvalue weighted by Gasteiger charge is -2.16. The summed E-state index contributed by atoms with van der Waals surface area (Å²) in [5, 5.41) is 9.67. The van der Waals surface area contributed by atoms with E-state index in [0.29, 0.717) is 29.9 Å². The summed E-state index contributed by atoms with van der Waals surface area (Å²) in [4.78, 5) is 43.1. The van der Waals surface area contributed by atoms with Crippen molar-refractivity contribution >= 4 is 23.4 Å². The number of fused-ring (bicyclic) bond motifs is 3. The van der Waals surface area contributed by atoms with Crippen LogP contribution in [0.1, 0.15) is 66.1 Å². The molecule has 2 amide bonds. The molecule has 11 nitrogen and oxygen atoms in total. The maximum Gasteiger partial charge on any atom is 0.338 e. The minimum atomic E-state index is -0.771. The first kappa shape index (κ1) is 26.9. The van der Waals surface area contributed by atoms with Gasteiger partial charge in [-0.2, -0.15) is 5.10 Å². The van der Waals surface area contributed by atoms with E-state index in [1.807, 2.05) is 6.92 Å². The number of nitrogens with zero attached hydrogens (tertiary/aromatic N) is 3. The summed E-state index contributed by atoms with van der Waals surface area (Å²) in [6, 6.07) is 9.68. The smallest absolute Gasteiger partial charge is 0.338 e. The van der Waals surface area contributed by atoms with Crippen molar-refractivity contribution in [1.82, 2.24) is 25.2 Å². The average molecular weight is 572 g/mol. The minimum Gasteiger partial charge on any atom is -0.458 e. The first-order chi connectivity index (χ1) is 20.3. The van der Waals surface area contributed by atoms with Gasteiger partial charge in [0, 0.05) is 12.6 Å². The highest BCUT2D eigenvalue weighted by atomic mass is 19.1. The third-order valence-corrected chi connectivity index (χ3v) is 7.33. The zero-order chi connectivity index (χ0) is 29.4. The highest BCUT2D eigenvalue weighted by Crippen LogP contribution is 2.35. The van der Waals surface area contributed by atoms with Crippen LogP contribution in [0.25, 0.3) is 5.65 Å². The van der Waals surface area contributed by atoms with Gasteiger partial charge in [0.05, 0.1) is 17.8 Å². The van der Waals surface area contributed by atoms with Crippen molar-refractivity contribution in [3.8, 4) is 11.5 Å². The molecule has 4 aromatic rings.